The lowest BCUT2D eigenvalue weighted by atomic mass is 10.2. The Morgan fingerprint density at radius 2 is 2.00 bits per heavy atom. The monoisotopic (exact) mass is 359 g/mol. The molecule has 0 unspecified atom stereocenters. The lowest BCUT2D eigenvalue weighted by molar-refractivity contribution is 0.0950. The third-order valence-electron chi connectivity index (χ3n) is 3.09. The number of amides is 1. The van der Waals surface area contributed by atoms with Gasteiger partial charge in [-0.25, -0.2) is 5.43 Å². The largest absolute Gasteiger partial charge is 0.455 e. The number of carbonyl (C=O) groups excluding carboxylic acids is 1. The maximum atomic E-state index is 11.8. The van der Waals surface area contributed by atoms with Crippen molar-refractivity contribution < 1.29 is 9.21 Å². The average molecular weight is 360 g/mol. The third-order valence-corrected chi connectivity index (χ3v) is 3.83. The molecule has 0 atom stereocenters. The fourth-order valence-corrected chi connectivity index (χ4v) is 2.23. The summed E-state index contributed by atoms with van der Waals surface area (Å²) in [5.41, 5.74) is 3.46. The van der Waals surface area contributed by atoms with E-state index >= 15 is 0 Å². The Bertz CT molecular complexity index is 892. The number of hydrazone groups is 1. The number of aromatic nitrogens is 1. The van der Waals surface area contributed by atoms with E-state index in [0.717, 1.165) is 5.56 Å². The van der Waals surface area contributed by atoms with Gasteiger partial charge in [-0.3, -0.25) is 9.78 Å². The molecule has 0 radical (unpaired) electrons. The van der Waals surface area contributed by atoms with Gasteiger partial charge < -0.3 is 4.42 Å². The highest BCUT2D eigenvalue weighted by Crippen LogP contribution is 2.29. The maximum absolute atomic E-state index is 11.8. The van der Waals surface area contributed by atoms with Crippen LogP contribution in [0, 0.1) is 0 Å². The molecule has 0 saturated carbocycles. The predicted octanol–water partition coefficient (Wildman–Crippen LogP) is 4.41. The quantitative estimate of drug-likeness (QED) is 0.554. The molecule has 0 fully saturated rings. The molecule has 0 saturated heterocycles. The van der Waals surface area contributed by atoms with E-state index in [1.165, 1.54) is 12.4 Å². The summed E-state index contributed by atoms with van der Waals surface area (Å²) >= 11 is 11.9. The minimum Gasteiger partial charge on any atom is -0.455 e. The Morgan fingerprint density at radius 1 is 1.12 bits per heavy atom. The summed E-state index contributed by atoms with van der Waals surface area (Å²) in [6, 6.07) is 13.8. The zero-order valence-corrected chi connectivity index (χ0v) is 13.8. The highest BCUT2D eigenvalue weighted by Gasteiger charge is 2.07. The topological polar surface area (TPSA) is 67.5 Å². The lowest BCUT2D eigenvalue weighted by Gasteiger charge is -1.99. The number of benzene rings is 1. The number of pyridine rings is 1. The molecular weight excluding hydrogens is 349 g/mol. The summed E-state index contributed by atoms with van der Waals surface area (Å²) in [5.74, 6) is 0.701. The second kappa shape index (κ2) is 7.29. The van der Waals surface area contributed by atoms with Gasteiger partial charge in [0.25, 0.3) is 5.91 Å². The fraction of sp³-hybridized carbons (Fsp3) is 0. The molecule has 3 aromatic rings. The van der Waals surface area contributed by atoms with Crippen molar-refractivity contribution in [1.82, 2.24) is 10.4 Å². The second-order valence-corrected chi connectivity index (χ2v) is 5.56. The first-order valence-electron chi connectivity index (χ1n) is 6.93. The molecule has 1 amide bonds. The molecule has 3 rings (SSSR count). The number of rotatable bonds is 4. The molecule has 0 aliphatic carbocycles. The van der Waals surface area contributed by atoms with Crippen LogP contribution in [-0.2, 0) is 0 Å². The van der Waals surface area contributed by atoms with Crippen LogP contribution in [0.15, 0.2) is 64.2 Å². The minimum atomic E-state index is -0.400. The van der Waals surface area contributed by atoms with Crippen molar-refractivity contribution in [3.05, 3.63) is 76.2 Å². The van der Waals surface area contributed by atoms with Crippen molar-refractivity contribution in [2.24, 2.45) is 5.10 Å². The van der Waals surface area contributed by atoms with Crippen molar-refractivity contribution in [3.63, 3.8) is 0 Å². The van der Waals surface area contributed by atoms with Gasteiger partial charge in [0.1, 0.15) is 17.2 Å². The normalized spacial score (nSPS) is 10.9. The highest BCUT2D eigenvalue weighted by molar-refractivity contribution is 6.42. The van der Waals surface area contributed by atoms with Gasteiger partial charge >= 0.3 is 0 Å². The summed E-state index contributed by atoms with van der Waals surface area (Å²) in [5, 5.41) is 4.78. The zero-order chi connectivity index (χ0) is 16.9. The van der Waals surface area contributed by atoms with E-state index in [1.807, 2.05) is 0 Å². The van der Waals surface area contributed by atoms with Crippen LogP contribution >= 0.6 is 23.2 Å². The number of hydrogen-bond donors (Lipinski definition) is 1. The third kappa shape index (κ3) is 3.82. The number of hydrogen-bond acceptors (Lipinski definition) is 4. The summed E-state index contributed by atoms with van der Waals surface area (Å²) < 4.78 is 5.63. The van der Waals surface area contributed by atoms with E-state index in [-0.39, 0.29) is 5.69 Å². The maximum Gasteiger partial charge on any atom is 0.289 e. The zero-order valence-electron chi connectivity index (χ0n) is 12.2. The lowest BCUT2D eigenvalue weighted by Crippen LogP contribution is -2.18. The summed E-state index contributed by atoms with van der Waals surface area (Å²) in [7, 11) is 0. The van der Waals surface area contributed by atoms with Crippen molar-refractivity contribution in [2.75, 3.05) is 0 Å². The molecule has 0 bridgehead atoms. The fourth-order valence-electron chi connectivity index (χ4n) is 1.94. The summed E-state index contributed by atoms with van der Waals surface area (Å²) in [6.45, 7) is 0. The summed E-state index contributed by atoms with van der Waals surface area (Å²) in [6.07, 6.45) is 2.94. The Kier molecular flexibility index (Phi) is 4.93. The molecule has 120 valence electrons. The van der Waals surface area contributed by atoms with E-state index in [1.54, 1.807) is 48.5 Å². The number of nitrogens with one attached hydrogen (secondary N) is 1. The molecule has 2 heterocycles. The number of nitrogens with zero attached hydrogens (tertiary/aromatic N) is 2. The van der Waals surface area contributed by atoms with Gasteiger partial charge in [-0.2, -0.15) is 5.10 Å². The Labute approximate surface area is 147 Å². The Balaban J connectivity index is 1.67. The molecule has 7 heteroatoms. The minimum absolute atomic E-state index is 0.283. The Hall–Kier alpha value is -2.63. The molecule has 0 aliphatic rings. The van der Waals surface area contributed by atoms with Crippen molar-refractivity contribution >= 4 is 35.3 Å². The van der Waals surface area contributed by atoms with Gasteiger partial charge in [0.2, 0.25) is 0 Å². The molecule has 0 aliphatic heterocycles. The van der Waals surface area contributed by atoms with E-state index in [0.29, 0.717) is 21.6 Å². The van der Waals surface area contributed by atoms with Crippen molar-refractivity contribution in [1.29, 1.82) is 0 Å². The molecule has 24 heavy (non-hydrogen) atoms. The standard InChI is InChI=1S/C17H11Cl2N3O2/c18-13-6-4-11(9-14(13)19)16-7-5-12(24-16)10-21-22-17(23)15-3-1-2-8-20-15/h1-10H,(H,22,23)/b21-10+. The van der Waals surface area contributed by atoms with Crippen LogP contribution in [0.25, 0.3) is 11.3 Å². The van der Waals surface area contributed by atoms with E-state index in [2.05, 4.69) is 15.5 Å². The van der Waals surface area contributed by atoms with Crippen molar-refractivity contribution in [3.8, 4) is 11.3 Å². The molecule has 2 aromatic heterocycles. The van der Waals surface area contributed by atoms with Crippen LogP contribution in [0.5, 0.6) is 0 Å². The first kappa shape index (κ1) is 16.2. The number of furan rings is 1. The van der Waals surface area contributed by atoms with E-state index in [9.17, 15) is 4.79 Å². The molecular formula is C17H11Cl2N3O2. The van der Waals surface area contributed by atoms with Crippen LogP contribution in [-0.4, -0.2) is 17.1 Å². The van der Waals surface area contributed by atoms with Crippen LogP contribution in [0.3, 0.4) is 0 Å². The molecule has 1 N–H and O–H groups in total. The highest BCUT2D eigenvalue weighted by atomic mass is 35.5. The van der Waals surface area contributed by atoms with Crippen molar-refractivity contribution in [2.45, 2.75) is 0 Å². The smallest absolute Gasteiger partial charge is 0.289 e. The van der Waals surface area contributed by atoms with Crippen LogP contribution in [0.4, 0.5) is 0 Å². The van der Waals surface area contributed by atoms with Gasteiger partial charge in [-0.15, -0.1) is 0 Å². The number of carbonyl (C=O) groups is 1. The van der Waals surface area contributed by atoms with Crippen LogP contribution in [0.1, 0.15) is 16.2 Å². The van der Waals surface area contributed by atoms with Gasteiger partial charge in [0.15, 0.2) is 0 Å². The van der Waals surface area contributed by atoms with Crippen LogP contribution < -0.4 is 5.43 Å². The average Bonchev–Trinajstić information content (AvgIpc) is 3.07. The molecule has 0 spiro atoms. The first-order valence-corrected chi connectivity index (χ1v) is 7.69. The summed E-state index contributed by atoms with van der Waals surface area (Å²) in [4.78, 5) is 15.7. The van der Waals surface area contributed by atoms with E-state index in [4.69, 9.17) is 27.6 Å². The SMILES string of the molecule is O=C(N/N=C/c1ccc(-c2ccc(Cl)c(Cl)c2)o1)c1ccccn1. The van der Waals surface area contributed by atoms with Gasteiger partial charge in [0, 0.05) is 11.8 Å². The van der Waals surface area contributed by atoms with Gasteiger partial charge in [0.05, 0.1) is 16.3 Å². The molecule has 1 aromatic carbocycles. The number of halogens is 2. The van der Waals surface area contributed by atoms with Gasteiger partial charge in [-0.1, -0.05) is 29.3 Å². The van der Waals surface area contributed by atoms with Gasteiger partial charge in [-0.05, 0) is 42.5 Å². The Morgan fingerprint density at radius 3 is 2.75 bits per heavy atom. The first-order chi connectivity index (χ1) is 11.6. The predicted molar refractivity (Wildman–Crippen MR) is 93.5 cm³/mol. The second-order valence-electron chi connectivity index (χ2n) is 4.75. The van der Waals surface area contributed by atoms with Crippen LogP contribution in [0.2, 0.25) is 10.0 Å². The molecule has 5 nitrogen and oxygen atoms in total. The van der Waals surface area contributed by atoms with E-state index < -0.39 is 5.91 Å².